The molecule has 0 saturated carbocycles. The summed E-state index contributed by atoms with van der Waals surface area (Å²) in [7, 11) is 0. The van der Waals surface area contributed by atoms with E-state index in [1.807, 2.05) is 0 Å². The third kappa shape index (κ3) is 0.945. The summed E-state index contributed by atoms with van der Waals surface area (Å²) in [4.78, 5) is 10.6. The van der Waals surface area contributed by atoms with Crippen molar-refractivity contribution >= 4 is 5.91 Å². The van der Waals surface area contributed by atoms with Gasteiger partial charge in [-0.1, -0.05) is 0 Å². The third-order valence-electron chi connectivity index (χ3n) is 1.08. The van der Waals surface area contributed by atoms with Crippen molar-refractivity contribution in [3.8, 4) is 0 Å². The minimum Gasteiger partial charge on any atom is -0.399 e. The predicted molar refractivity (Wildman–Crippen MR) is 31.5 cm³/mol. The predicted octanol–water partition coefficient (Wildman–Crippen LogP) is -2.25. The molecular weight excluding hydrogens is 120 g/mol. The molecule has 1 heterocycles. The third-order valence-corrected chi connectivity index (χ3v) is 1.08. The monoisotopic (exact) mass is 128 g/mol. The second kappa shape index (κ2) is 1.94. The zero-order valence-electron chi connectivity index (χ0n) is 4.72. The molecule has 0 bridgehead atoms. The maximum Gasteiger partial charge on any atom is 0.261 e. The van der Waals surface area contributed by atoms with Gasteiger partial charge >= 0.3 is 0 Å². The van der Waals surface area contributed by atoms with Crippen molar-refractivity contribution < 1.29 is 4.79 Å². The van der Waals surface area contributed by atoms with E-state index >= 15 is 0 Å². The highest BCUT2D eigenvalue weighted by molar-refractivity contribution is 5.85. The van der Waals surface area contributed by atoms with Gasteiger partial charge in [0.15, 0.2) is 0 Å². The van der Waals surface area contributed by atoms with Crippen molar-refractivity contribution in [3.05, 3.63) is 11.9 Å². The Morgan fingerprint density at radius 3 is 2.78 bits per heavy atom. The van der Waals surface area contributed by atoms with E-state index in [9.17, 15) is 4.79 Å². The van der Waals surface area contributed by atoms with Crippen LogP contribution in [0.25, 0.3) is 0 Å². The average molecular weight is 128 g/mol. The molecule has 6 N–H and O–H groups in total. The smallest absolute Gasteiger partial charge is 0.261 e. The molecule has 1 rings (SSSR count). The summed E-state index contributed by atoms with van der Waals surface area (Å²) in [6, 6.07) is -0.703. The van der Waals surface area contributed by atoms with E-state index in [2.05, 4.69) is 10.9 Å². The number of nitrogens with two attached hydrogens (primary N) is 2. The van der Waals surface area contributed by atoms with E-state index in [1.165, 1.54) is 6.20 Å². The van der Waals surface area contributed by atoms with Crippen molar-refractivity contribution in [2.45, 2.75) is 6.04 Å². The summed E-state index contributed by atoms with van der Waals surface area (Å²) >= 11 is 0. The second-order valence-corrected chi connectivity index (χ2v) is 1.76. The molecule has 1 aliphatic heterocycles. The Kier molecular flexibility index (Phi) is 1.27. The number of carbonyl (C=O) groups excluding carboxylic acids is 1. The molecule has 50 valence electrons. The molecule has 0 spiro atoms. The number of rotatable bonds is 0. The average Bonchev–Trinajstić information content (AvgIpc) is 1.83. The highest BCUT2D eigenvalue weighted by atomic mass is 16.2. The molecule has 5 heteroatoms. The molecule has 1 unspecified atom stereocenters. The normalized spacial score (nSPS) is 26.1. The molecule has 1 atom stereocenters. The minimum atomic E-state index is -0.703. The van der Waals surface area contributed by atoms with Crippen molar-refractivity contribution in [1.29, 1.82) is 0 Å². The Labute approximate surface area is 52.0 Å². The molecule has 0 aromatic carbocycles. The van der Waals surface area contributed by atoms with Crippen LogP contribution < -0.4 is 22.3 Å². The molecule has 0 radical (unpaired) electrons. The molecule has 0 aromatic rings. The fourth-order valence-corrected chi connectivity index (χ4v) is 0.509. The van der Waals surface area contributed by atoms with Crippen LogP contribution in [0.5, 0.6) is 0 Å². The van der Waals surface area contributed by atoms with Gasteiger partial charge in [-0.05, 0) is 0 Å². The Balaban J connectivity index is 2.74. The van der Waals surface area contributed by atoms with Crippen LogP contribution in [-0.2, 0) is 4.79 Å². The lowest BCUT2D eigenvalue weighted by Gasteiger charge is -2.17. The highest BCUT2D eigenvalue weighted by Crippen LogP contribution is 1.92. The van der Waals surface area contributed by atoms with E-state index in [0.29, 0.717) is 5.70 Å². The van der Waals surface area contributed by atoms with Crippen molar-refractivity contribution in [3.63, 3.8) is 0 Å². The Morgan fingerprint density at radius 2 is 2.33 bits per heavy atom. The van der Waals surface area contributed by atoms with Gasteiger partial charge in [0.1, 0.15) is 6.04 Å². The van der Waals surface area contributed by atoms with Gasteiger partial charge in [0.25, 0.3) is 5.91 Å². The quantitative estimate of drug-likeness (QED) is 0.296. The van der Waals surface area contributed by atoms with E-state index < -0.39 is 6.04 Å². The minimum absolute atomic E-state index is 0.310. The summed E-state index contributed by atoms with van der Waals surface area (Å²) < 4.78 is 0. The molecule has 5 nitrogen and oxygen atoms in total. The van der Waals surface area contributed by atoms with E-state index in [0.717, 1.165) is 0 Å². The second-order valence-electron chi connectivity index (χ2n) is 1.76. The van der Waals surface area contributed by atoms with Gasteiger partial charge in [-0.25, -0.2) is 0 Å². The van der Waals surface area contributed by atoms with Gasteiger partial charge in [0.05, 0.1) is 5.70 Å². The maximum absolute atomic E-state index is 10.6. The van der Waals surface area contributed by atoms with Crippen LogP contribution in [0, 0.1) is 0 Å². The van der Waals surface area contributed by atoms with Gasteiger partial charge < -0.3 is 16.9 Å². The molecule has 0 saturated heterocycles. The first-order valence-electron chi connectivity index (χ1n) is 2.48. The van der Waals surface area contributed by atoms with Crippen LogP contribution in [0.2, 0.25) is 0 Å². The van der Waals surface area contributed by atoms with Crippen LogP contribution in [0.4, 0.5) is 0 Å². The standard InChI is InChI=1S/C4H8N4O/c5-2-1-7-8-4(9)3(2)6/h1,3,7H,5-6H2,(H,8,9). The number of carbonyl (C=O) groups is 1. The SMILES string of the molecule is NC1=CNNC(=O)C1N. The van der Waals surface area contributed by atoms with Gasteiger partial charge in [-0.15, -0.1) is 0 Å². The summed E-state index contributed by atoms with van der Waals surface area (Å²) in [6.07, 6.45) is 1.45. The first kappa shape index (κ1) is 5.90. The van der Waals surface area contributed by atoms with Crippen molar-refractivity contribution in [2.24, 2.45) is 11.5 Å². The first-order valence-corrected chi connectivity index (χ1v) is 2.48. The first-order chi connectivity index (χ1) is 4.22. The number of nitrogens with one attached hydrogen (secondary N) is 2. The van der Waals surface area contributed by atoms with Gasteiger partial charge in [0.2, 0.25) is 0 Å². The van der Waals surface area contributed by atoms with Crippen LogP contribution in [0.3, 0.4) is 0 Å². The molecular formula is C4H8N4O. The molecule has 0 aromatic heterocycles. The van der Waals surface area contributed by atoms with Gasteiger partial charge in [-0.2, -0.15) is 0 Å². The summed E-state index contributed by atoms with van der Waals surface area (Å²) in [6.45, 7) is 0. The molecule has 1 amide bonds. The Bertz CT molecular complexity index is 164. The lowest BCUT2D eigenvalue weighted by atomic mass is 10.2. The maximum atomic E-state index is 10.6. The number of amides is 1. The fourth-order valence-electron chi connectivity index (χ4n) is 0.509. The fraction of sp³-hybridized carbons (Fsp3) is 0.250. The molecule has 0 fully saturated rings. The number of hydrazine groups is 1. The van der Waals surface area contributed by atoms with Crippen LogP contribution in [0.1, 0.15) is 0 Å². The van der Waals surface area contributed by atoms with Crippen LogP contribution in [-0.4, -0.2) is 11.9 Å². The van der Waals surface area contributed by atoms with E-state index in [1.54, 1.807) is 0 Å². The lowest BCUT2D eigenvalue weighted by molar-refractivity contribution is -0.122. The zero-order chi connectivity index (χ0) is 6.85. The van der Waals surface area contributed by atoms with Crippen molar-refractivity contribution in [1.82, 2.24) is 10.9 Å². The Hall–Kier alpha value is -1.23. The Morgan fingerprint density at radius 1 is 1.67 bits per heavy atom. The number of hydrogen-bond acceptors (Lipinski definition) is 4. The molecule has 0 aliphatic carbocycles. The van der Waals surface area contributed by atoms with Gasteiger partial charge in [-0.3, -0.25) is 10.2 Å². The summed E-state index contributed by atoms with van der Waals surface area (Å²) in [5.41, 5.74) is 15.6. The van der Waals surface area contributed by atoms with Crippen LogP contribution in [0.15, 0.2) is 11.9 Å². The summed E-state index contributed by atoms with van der Waals surface area (Å²) in [5.74, 6) is -0.310. The number of hydrogen-bond donors (Lipinski definition) is 4. The lowest BCUT2D eigenvalue weighted by Crippen LogP contribution is -2.52. The van der Waals surface area contributed by atoms with Crippen molar-refractivity contribution in [2.75, 3.05) is 0 Å². The zero-order valence-corrected chi connectivity index (χ0v) is 4.72. The topological polar surface area (TPSA) is 93.2 Å². The van der Waals surface area contributed by atoms with E-state index in [-0.39, 0.29) is 5.91 Å². The summed E-state index contributed by atoms with van der Waals surface area (Å²) in [5, 5.41) is 0. The van der Waals surface area contributed by atoms with Gasteiger partial charge in [0, 0.05) is 6.20 Å². The molecule has 1 aliphatic rings. The van der Waals surface area contributed by atoms with E-state index in [4.69, 9.17) is 11.5 Å². The van der Waals surface area contributed by atoms with Crippen LogP contribution >= 0.6 is 0 Å². The molecule has 9 heavy (non-hydrogen) atoms. The largest absolute Gasteiger partial charge is 0.399 e. The highest BCUT2D eigenvalue weighted by Gasteiger charge is 2.18.